The van der Waals surface area contributed by atoms with Gasteiger partial charge in [0.25, 0.3) is 10.0 Å². The Labute approximate surface area is 95.1 Å². The van der Waals surface area contributed by atoms with Crippen LogP contribution in [0.3, 0.4) is 0 Å². The van der Waals surface area contributed by atoms with Gasteiger partial charge in [-0.1, -0.05) is 13.3 Å². The lowest BCUT2D eigenvalue weighted by Gasteiger charge is -2.22. The van der Waals surface area contributed by atoms with E-state index in [4.69, 9.17) is 0 Å². The monoisotopic (exact) mass is 247 g/mol. The van der Waals surface area contributed by atoms with E-state index in [-0.39, 0.29) is 11.6 Å². The first kappa shape index (κ1) is 13.1. The van der Waals surface area contributed by atoms with Crippen molar-refractivity contribution in [2.75, 3.05) is 6.54 Å². The van der Waals surface area contributed by atoms with Gasteiger partial charge >= 0.3 is 0 Å². The van der Waals surface area contributed by atoms with E-state index in [0.29, 0.717) is 6.42 Å². The Hall–Kier alpha value is -0.920. The zero-order valence-electron chi connectivity index (χ0n) is 9.40. The van der Waals surface area contributed by atoms with Crippen LogP contribution in [-0.2, 0) is 10.0 Å². The molecule has 0 bridgehead atoms. The average molecular weight is 247 g/mol. The minimum absolute atomic E-state index is 0.000187. The number of sulfonamides is 1. The van der Waals surface area contributed by atoms with Crippen molar-refractivity contribution in [2.45, 2.75) is 37.3 Å². The molecule has 1 atom stereocenters. The van der Waals surface area contributed by atoms with Gasteiger partial charge in [0.05, 0.1) is 11.8 Å². The predicted molar refractivity (Wildman–Crippen MR) is 59.3 cm³/mol. The van der Waals surface area contributed by atoms with Gasteiger partial charge in [-0.25, -0.2) is 13.1 Å². The average Bonchev–Trinajstić information content (AvgIpc) is 2.68. The molecule has 1 aromatic heterocycles. The van der Waals surface area contributed by atoms with Gasteiger partial charge in [0, 0.05) is 6.54 Å². The molecule has 0 aliphatic rings. The van der Waals surface area contributed by atoms with Gasteiger partial charge in [0.15, 0.2) is 5.03 Å². The number of rotatable bonds is 6. The first-order valence-electron chi connectivity index (χ1n) is 5.09. The Morgan fingerprint density at radius 3 is 2.81 bits per heavy atom. The second-order valence-corrected chi connectivity index (χ2v) is 5.73. The van der Waals surface area contributed by atoms with Crippen LogP contribution in [0, 0.1) is 0 Å². The van der Waals surface area contributed by atoms with E-state index in [1.807, 2.05) is 6.92 Å². The summed E-state index contributed by atoms with van der Waals surface area (Å²) in [5, 5.41) is 15.7. The van der Waals surface area contributed by atoms with E-state index in [1.165, 1.54) is 12.3 Å². The smallest absolute Gasteiger partial charge is 0.257 e. The van der Waals surface area contributed by atoms with Crippen molar-refractivity contribution >= 4 is 10.0 Å². The Morgan fingerprint density at radius 2 is 2.31 bits per heavy atom. The maximum atomic E-state index is 11.7. The molecule has 0 spiro atoms. The van der Waals surface area contributed by atoms with Crippen molar-refractivity contribution in [1.82, 2.24) is 14.9 Å². The van der Waals surface area contributed by atoms with Crippen LogP contribution in [0.1, 0.15) is 26.7 Å². The van der Waals surface area contributed by atoms with E-state index >= 15 is 0 Å². The molecule has 0 aliphatic carbocycles. The number of aromatic nitrogens is 2. The van der Waals surface area contributed by atoms with Crippen LogP contribution in [-0.4, -0.2) is 35.9 Å². The highest BCUT2D eigenvalue weighted by molar-refractivity contribution is 7.89. The minimum Gasteiger partial charge on any atom is -0.389 e. The molecule has 0 radical (unpaired) electrons. The summed E-state index contributed by atoms with van der Waals surface area (Å²) in [5.41, 5.74) is -1.03. The fourth-order valence-electron chi connectivity index (χ4n) is 1.35. The molecule has 1 heterocycles. The number of aliphatic hydroxyl groups is 1. The summed E-state index contributed by atoms with van der Waals surface area (Å²) in [7, 11) is -3.60. The van der Waals surface area contributed by atoms with Crippen LogP contribution in [0.2, 0.25) is 0 Å². The highest BCUT2D eigenvalue weighted by atomic mass is 32.2. The maximum Gasteiger partial charge on any atom is 0.257 e. The van der Waals surface area contributed by atoms with Crippen LogP contribution in [0.15, 0.2) is 17.3 Å². The molecule has 0 fully saturated rings. The fraction of sp³-hybridized carbons (Fsp3) is 0.667. The fourth-order valence-corrected chi connectivity index (χ4v) is 2.42. The largest absolute Gasteiger partial charge is 0.389 e. The van der Waals surface area contributed by atoms with Crippen molar-refractivity contribution in [3.05, 3.63) is 12.3 Å². The first-order chi connectivity index (χ1) is 7.37. The van der Waals surface area contributed by atoms with Gasteiger partial charge < -0.3 is 5.11 Å². The molecule has 0 aromatic carbocycles. The van der Waals surface area contributed by atoms with Gasteiger partial charge in [0.1, 0.15) is 0 Å². The van der Waals surface area contributed by atoms with Crippen LogP contribution in [0.5, 0.6) is 0 Å². The molecule has 7 heteroatoms. The zero-order valence-corrected chi connectivity index (χ0v) is 10.2. The summed E-state index contributed by atoms with van der Waals surface area (Å²) in [6.45, 7) is 3.52. The van der Waals surface area contributed by atoms with Gasteiger partial charge in [-0.2, -0.15) is 5.10 Å². The summed E-state index contributed by atoms with van der Waals surface area (Å²) in [5.74, 6) is 0. The summed E-state index contributed by atoms with van der Waals surface area (Å²) >= 11 is 0. The third kappa shape index (κ3) is 3.58. The predicted octanol–water partition coefficient (Wildman–Crippen LogP) is 0.239. The summed E-state index contributed by atoms with van der Waals surface area (Å²) in [6.07, 6.45) is 2.69. The molecule has 6 nitrogen and oxygen atoms in total. The van der Waals surface area contributed by atoms with Crippen molar-refractivity contribution in [3.8, 4) is 0 Å². The van der Waals surface area contributed by atoms with Crippen molar-refractivity contribution in [3.63, 3.8) is 0 Å². The number of hydrogen-bond acceptors (Lipinski definition) is 4. The highest BCUT2D eigenvalue weighted by Gasteiger charge is 2.23. The van der Waals surface area contributed by atoms with Crippen LogP contribution in [0.4, 0.5) is 0 Å². The van der Waals surface area contributed by atoms with Gasteiger partial charge in [0.2, 0.25) is 0 Å². The van der Waals surface area contributed by atoms with Gasteiger partial charge in [-0.05, 0) is 19.4 Å². The number of aromatic amines is 1. The minimum atomic E-state index is -3.60. The molecule has 0 saturated carbocycles. The van der Waals surface area contributed by atoms with E-state index < -0.39 is 15.6 Å². The zero-order chi connectivity index (χ0) is 12.2. The molecular formula is C9H17N3O3S. The summed E-state index contributed by atoms with van der Waals surface area (Å²) in [4.78, 5) is 0. The Bertz CT molecular complexity index is 411. The van der Waals surface area contributed by atoms with E-state index in [9.17, 15) is 13.5 Å². The highest BCUT2D eigenvalue weighted by Crippen LogP contribution is 2.11. The van der Waals surface area contributed by atoms with Gasteiger partial charge in [-0.3, -0.25) is 5.10 Å². The second-order valence-electron chi connectivity index (χ2n) is 3.99. The molecule has 0 saturated heterocycles. The maximum absolute atomic E-state index is 11.7. The first-order valence-corrected chi connectivity index (χ1v) is 6.57. The second kappa shape index (κ2) is 4.94. The Morgan fingerprint density at radius 1 is 1.62 bits per heavy atom. The van der Waals surface area contributed by atoms with E-state index in [2.05, 4.69) is 14.9 Å². The lowest BCUT2D eigenvalue weighted by Crippen LogP contribution is -2.40. The van der Waals surface area contributed by atoms with Crippen molar-refractivity contribution in [1.29, 1.82) is 0 Å². The number of nitrogens with zero attached hydrogens (tertiary/aromatic N) is 1. The van der Waals surface area contributed by atoms with Crippen molar-refractivity contribution < 1.29 is 13.5 Å². The third-order valence-electron chi connectivity index (χ3n) is 2.20. The van der Waals surface area contributed by atoms with Gasteiger partial charge in [-0.15, -0.1) is 0 Å². The van der Waals surface area contributed by atoms with Crippen molar-refractivity contribution in [2.24, 2.45) is 0 Å². The number of hydrogen-bond donors (Lipinski definition) is 3. The lowest BCUT2D eigenvalue weighted by molar-refractivity contribution is 0.0554. The number of H-pyrrole nitrogens is 1. The summed E-state index contributed by atoms with van der Waals surface area (Å²) < 4.78 is 25.6. The molecule has 1 rings (SSSR count). The lowest BCUT2D eigenvalue weighted by atomic mass is 10.0. The molecule has 92 valence electrons. The molecule has 0 aliphatic heterocycles. The molecule has 1 aromatic rings. The molecule has 1 unspecified atom stereocenters. The third-order valence-corrected chi connectivity index (χ3v) is 3.53. The topological polar surface area (TPSA) is 95.1 Å². The van der Waals surface area contributed by atoms with Crippen LogP contribution in [0.25, 0.3) is 0 Å². The standard InChI is InChI=1S/C9H17N3O3S/c1-3-5-9(2,13)7-11-16(14,15)8-4-6-10-12-8/h4,6,11,13H,3,5,7H2,1-2H3,(H,10,12). The quantitative estimate of drug-likeness (QED) is 0.671. The molecular weight excluding hydrogens is 230 g/mol. The normalized spacial score (nSPS) is 15.9. The molecule has 16 heavy (non-hydrogen) atoms. The van der Waals surface area contributed by atoms with Crippen LogP contribution < -0.4 is 4.72 Å². The van der Waals surface area contributed by atoms with E-state index in [1.54, 1.807) is 6.92 Å². The SMILES string of the molecule is CCCC(C)(O)CNS(=O)(=O)c1ccn[nH]1. The molecule has 3 N–H and O–H groups in total. The summed E-state index contributed by atoms with van der Waals surface area (Å²) in [6, 6.07) is 1.36. The van der Waals surface area contributed by atoms with E-state index in [0.717, 1.165) is 6.42 Å². The van der Waals surface area contributed by atoms with Crippen LogP contribution >= 0.6 is 0 Å². The number of nitrogens with one attached hydrogen (secondary N) is 2. The molecule has 0 amide bonds. The Kier molecular flexibility index (Phi) is 4.06. The Balaban J connectivity index is 2.62.